The standard InChI is InChI=1S/C14H11FN2O/c1-2-17-13(8-5-11(9-16)14(17)18)10-3-6-12(15)7-4-10/h3-8H,2H2,1H3. The Balaban J connectivity index is 2.66. The molecule has 1 aromatic heterocycles. The van der Waals surface area contributed by atoms with Gasteiger partial charge >= 0.3 is 0 Å². The molecule has 2 aromatic rings. The summed E-state index contributed by atoms with van der Waals surface area (Å²) >= 11 is 0. The Kier molecular flexibility index (Phi) is 3.24. The molecule has 0 atom stereocenters. The van der Waals surface area contributed by atoms with E-state index < -0.39 is 0 Å². The third-order valence-electron chi connectivity index (χ3n) is 2.75. The van der Waals surface area contributed by atoms with Crippen molar-refractivity contribution in [2.75, 3.05) is 0 Å². The zero-order chi connectivity index (χ0) is 13.1. The zero-order valence-electron chi connectivity index (χ0n) is 9.85. The van der Waals surface area contributed by atoms with E-state index in [1.807, 2.05) is 13.0 Å². The first kappa shape index (κ1) is 12.1. The number of benzene rings is 1. The van der Waals surface area contributed by atoms with Crippen LogP contribution in [0.5, 0.6) is 0 Å². The van der Waals surface area contributed by atoms with Crippen LogP contribution in [-0.2, 0) is 6.54 Å². The van der Waals surface area contributed by atoms with Crippen LogP contribution >= 0.6 is 0 Å². The Morgan fingerprint density at radius 1 is 1.22 bits per heavy atom. The quantitative estimate of drug-likeness (QED) is 0.812. The van der Waals surface area contributed by atoms with Crippen molar-refractivity contribution in [2.24, 2.45) is 0 Å². The largest absolute Gasteiger partial charge is 0.307 e. The van der Waals surface area contributed by atoms with Gasteiger partial charge in [-0.2, -0.15) is 5.26 Å². The lowest BCUT2D eigenvalue weighted by Gasteiger charge is -2.11. The highest BCUT2D eigenvalue weighted by Crippen LogP contribution is 2.18. The first-order valence-corrected chi connectivity index (χ1v) is 5.57. The maximum Gasteiger partial charge on any atom is 0.268 e. The van der Waals surface area contributed by atoms with Gasteiger partial charge in [-0.1, -0.05) is 0 Å². The molecule has 90 valence electrons. The van der Waals surface area contributed by atoms with Gasteiger partial charge in [0.2, 0.25) is 0 Å². The van der Waals surface area contributed by atoms with Crippen molar-refractivity contribution < 1.29 is 4.39 Å². The third kappa shape index (κ3) is 2.03. The molecule has 2 rings (SSSR count). The second-order valence-electron chi connectivity index (χ2n) is 3.80. The summed E-state index contributed by atoms with van der Waals surface area (Å²) in [5, 5.41) is 8.82. The average Bonchev–Trinajstić information content (AvgIpc) is 2.39. The molecule has 18 heavy (non-hydrogen) atoms. The summed E-state index contributed by atoms with van der Waals surface area (Å²) in [5.74, 6) is -0.321. The van der Waals surface area contributed by atoms with E-state index in [2.05, 4.69) is 0 Å². The molecule has 0 spiro atoms. The Morgan fingerprint density at radius 3 is 2.44 bits per heavy atom. The van der Waals surface area contributed by atoms with E-state index in [9.17, 15) is 9.18 Å². The summed E-state index contributed by atoms with van der Waals surface area (Å²) in [7, 11) is 0. The topological polar surface area (TPSA) is 45.8 Å². The average molecular weight is 242 g/mol. The molecule has 0 radical (unpaired) electrons. The van der Waals surface area contributed by atoms with Gasteiger partial charge in [-0.15, -0.1) is 0 Å². The number of rotatable bonds is 2. The molecule has 0 amide bonds. The Morgan fingerprint density at radius 2 is 1.89 bits per heavy atom. The summed E-state index contributed by atoms with van der Waals surface area (Å²) in [5.41, 5.74) is 1.23. The smallest absolute Gasteiger partial charge is 0.268 e. The van der Waals surface area contributed by atoms with Gasteiger partial charge in [0.15, 0.2) is 0 Å². The number of pyridine rings is 1. The highest BCUT2D eigenvalue weighted by Gasteiger charge is 2.08. The van der Waals surface area contributed by atoms with Gasteiger partial charge in [0.05, 0.1) is 5.69 Å². The minimum absolute atomic E-state index is 0.114. The highest BCUT2D eigenvalue weighted by molar-refractivity contribution is 5.60. The monoisotopic (exact) mass is 242 g/mol. The second kappa shape index (κ2) is 4.84. The molecule has 1 aromatic carbocycles. The van der Waals surface area contributed by atoms with Crippen LogP contribution in [0.1, 0.15) is 12.5 Å². The minimum Gasteiger partial charge on any atom is -0.307 e. The molecule has 0 N–H and O–H groups in total. The first-order chi connectivity index (χ1) is 8.67. The molecule has 0 aliphatic carbocycles. The molecular formula is C14H11FN2O. The van der Waals surface area contributed by atoms with Crippen LogP contribution in [0.25, 0.3) is 11.3 Å². The lowest BCUT2D eigenvalue weighted by atomic mass is 10.1. The van der Waals surface area contributed by atoms with Gasteiger partial charge in [-0.3, -0.25) is 4.79 Å². The van der Waals surface area contributed by atoms with Crippen LogP contribution in [0.3, 0.4) is 0 Å². The number of aromatic nitrogens is 1. The predicted octanol–water partition coefficient (Wildman–Crippen LogP) is 2.55. The Labute approximate surface area is 104 Å². The van der Waals surface area contributed by atoms with Crippen LogP contribution < -0.4 is 5.56 Å². The highest BCUT2D eigenvalue weighted by atomic mass is 19.1. The van der Waals surface area contributed by atoms with Crippen molar-refractivity contribution in [1.82, 2.24) is 4.57 Å². The van der Waals surface area contributed by atoms with Gasteiger partial charge in [0.25, 0.3) is 5.56 Å². The maximum atomic E-state index is 12.9. The predicted molar refractivity (Wildman–Crippen MR) is 66.5 cm³/mol. The molecule has 1 heterocycles. The number of halogens is 1. The molecule has 0 bridgehead atoms. The SMILES string of the molecule is CCn1c(-c2ccc(F)cc2)ccc(C#N)c1=O. The van der Waals surface area contributed by atoms with E-state index in [0.29, 0.717) is 12.2 Å². The Bertz CT molecular complexity index is 666. The van der Waals surface area contributed by atoms with Crippen molar-refractivity contribution in [3.8, 4) is 17.3 Å². The van der Waals surface area contributed by atoms with Gasteiger partial charge < -0.3 is 4.57 Å². The summed E-state index contributed by atoms with van der Waals surface area (Å²) in [4.78, 5) is 12.0. The molecular weight excluding hydrogens is 231 g/mol. The van der Waals surface area contributed by atoms with Crippen LogP contribution in [0, 0.1) is 17.1 Å². The number of hydrogen-bond acceptors (Lipinski definition) is 2. The normalized spacial score (nSPS) is 10.1. The fourth-order valence-electron chi connectivity index (χ4n) is 1.85. The number of nitrogens with zero attached hydrogens (tertiary/aromatic N) is 2. The van der Waals surface area contributed by atoms with E-state index in [4.69, 9.17) is 5.26 Å². The van der Waals surface area contributed by atoms with E-state index in [1.54, 1.807) is 18.2 Å². The molecule has 0 aliphatic heterocycles. The summed E-state index contributed by atoms with van der Waals surface area (Å²) < 4.78 is 14.4. The molecule has 0 saturated heterocycles. The van der Waals surface area contributed by atoms with E-state index in [0.717, 1.165) is 5.56 Å². The molecule has 0 saturated carbocycles. The van der Waals surface area contributed by atoms with Crippen molar-refractivity contribution >= 4 is 0 Å². The van der Waals surface area contributed by atoms with Crippen molar-refractivity contribution in [3.05, 3.63) is 58.1 Å². The molecule has 0 fully saturated rings. The minimum atomic E-state index is -0.321. The maximum absolute atomic E-state index is 12.9. The van der Waals surface area contributed by atoms with Crippen LogP contribution in [0.15, 0.2) is 41.2 Å². The van der Waals surface area contributed by atoms with E-state index in [1.165, 1.54) is 22.8 Å². The third-order valence-corrected chi connectivity index (χ3v) is 2.75. The van der Waals surface area contributed by atoms with Gasteiger partial charge in [-0.05, 0) is 48.9 Å². The molecule has 0 aliphatic rings. The summed E-state index contributed by atoms with van der Waals surface area (Å²) in [6, 6.07) is 11.0. The number of nitriles is 1. The van der Waals surface area contributed by atoms with Gasteiger partial charge in [0.1, 0.15) is 17.4 Å². The van der Waals surface area contributed by atoms with Gasteiger partial charge in [0, 0.05) is 6.54 Å². The van der Waals surface area contributed by atoms with Crippen LogP contribution in [0.4, 0.5) is 4.39 Å². The summed E-state index contributed by atoms with van der Waals surface area (Å²) in [6.45, 7) is 2.29. The zero-order valence-corrected chi connectivity index (χ0v) is 9.85. The van der Waals surface area contributed by atoms with Crippen molar-refractivity contribution in [3.63, 3.8) is 0 Å². The fraction of sp³-hybridized carbons (Fsp3) is 0.143. The van der Waals surface area contributed by atoms with E-state index >= 15 is 0 Å². The second-order valence-corrected chi connectivity index (χ2v) is 3.80. The fourth-order valence-corrected chi connectivity index (χ4v) is 1.85. The van der Waals surface area contributed by atoms with Gasteiger partial charge in [-0.25, -0.2) is 4.39 Å². The lowest BCUT2D eigenvalue weighted by molar-refractivity contribution is 0.628. The van der Waals surface area contributed by atoms with Crippen LogP contribution in [0.2, 0.25) is 0 Å². The first-order valence-electron chi connectivity index (χ1n) is 5.57. The van der Waals surface area contributed by atoms with Crippen LogP contribution in [-0.4, -0.2) is 4.57 Å². The van der Waals surface area contributed by atoms with Crippen molar-refractivity contribution in [2.45, 2.75) is 13.5 Å². The Hall–Kier alpha value is -2.41. The number of hydrogen-bond donors (Lipinski definition) is 0. The summed E-state index contributed by atoms with van der Waals surface area (Å²) in [6.07, 6.45) is 0. The lowest BCUT2D eigenvalue weighted by Crippen LogP contribution is -2.23. The van der Waals surface area contributed by atoms with E-state index in [-0.39, 0.29) is 16.9 Å². The molecule has 0 unspecified atom stereocenters. The van der Waals surface area contributed by atoms with Crippen molar-refractivity contribution in [1.29, 1.82) is 5.26 Å². The molecule has 4 heteroatoms. The molecule has 3 nitrogen and oxygen atoms in total.